The topological polar surface area (TPSA) is 243 Å². The van der Waals surface area contributed by atoms with E-state index in [9.17, 15) is 46.6 Å². The summed E-state index contributed by atoms with van der Waals surface area (Å²) < 4.78 is 89.9. The first-order valence-electron chi connectivity index (χ1n) is 27.1. The molecule has 2 N–H and O–H groups in total. The summed E-state index contributed by atoms with van der Waals surface area (Å²) >= 11 is 1.40. The molecule has 2 aliphatic rings. The van der Waals surface area contributed by atoms with E-state index in [2.05, 4.69) is 43.1 Å². The molecule has 0 bridgehead atoms. The largest absolute Gasteiger partial charge is 0.507 e. The quantitative estimate of drug-likeness (QED) is 0.0662. The number of amides is 2. The molecule has 448 valence electrons. The van der Waals surface area contributed by atoms with E-state index in [0.29, 0.717) is 31.0 Å². The molecular weight excluding hydrogens is 1160 g/mol. The van der Waals surface area contributed by atoms with Crippen LogP contribution in [-0.2, 0) is 19.4 Å². The zero-order chi connectivity index (χ0) is 62.4. The van der Waals surface area contributed by atoms with Crippen molar-refractivity contribution < 1.29 is 45.8 Å². The maximum atomic E-state index is 15.9. The lowest BCUT2D eigenvalue weighted by Crippen LogP contribution is -2.54. The molecule has 0 aliphatic carbocycles. The smallest absolute Gasteiger partial charge is 0.355 e. The van der Waals surface area contributed by atoms with E-state index < -0.39 is 78.5 Å². The Labute approximate surface area is 495 Å². The Morgan fingerprint density at radius 3 is 1.44 bits per heavy atom. The van der Waals surface area contributed by atoms with Crippen molar-refractivity contribution in [3.8, 4) is 45.4 Å². The number of pyridine rings is 4. The molecule has 2 aliphatic heterocycles. The second kappa shape index (κ2) is 24.5. The normalized spacial score (nSPS) is 15.6. The maximum absolute atomic E-state index is 15.9. The number of fused-ring (bicyclic) bond motifs is 2. The lowest BCUT2D eigenvalue weighted by molar-refractivity contribution is -0.127. The van der Waals surface area contributed by atoms with E-state index in [1.807, 2.05) is 31.9 Å². The van der Waals surface area contributed by atoms with Crippen LogP contribution in [0.15, 0.2) is 118 Å². The molecule has 26 heteroatoms. The molecule has 20 nitrogen and oxygen atoms in total. The maximum Gasteiger partial charge on any atom is 0.355 e. The molecule has 2 atom stereocenters. The van der Waals surface area contributed by atoms with Crippen LogP contribution in [0.3, 0.4) is 0 Å². The lowest BCUT2D eigenvalue weighted by atomic mass is 10.1. The number of carbonyl (C=O) groups is 2. The molecule has 86 heavy (non-hydrogen) atoms. The Morgan fingerprint density at radius 1 is 0.640 bits per heavy atom. The fraction of sp³-hybridized carbons (Fsp3) is 0.300. The van der Waals surface area contributed by atoms with Gasteiger partial charge in [-0.05, 0) is 92.6 Å². The minimum absolute atomic E-state index is 0.0232. The zero-order valence-corrected chi connectivity index (χ0v) is 49.7. The number of sulfone groups is 1. The minimum Gasteiger partial charge on any atom is -0.507 e. The summed E-state index contributed by atoms with van der Waals surface area (Å²) in [7, 11) is -3.95. The number of thioether (sulfide) groups is 1. The number of piperazine rings is 2. The van der Waals surface area contributed by atoms with Gasteiger partial charge < -0.3 is 29.8 Å². The zero-order valence-electron chi connectivity index (χ0n) is 48.1. The number of benzene rings is 2. The molecule has 0 saturated carbocycles. The first kappa shape index (κ1) is 61.5. The van der Waals surface area contributed by atoms with Gasteiger partial charge in [0.25, 0.3) is 0 Å². The molecule has 2 fully saturated rings. The molecule has 8 heterocycles. The number of aromatic hydroxyl groups is 2. The second-order valence-corrected chi connectivity index (χ2v) is 24.0. The first-order chi connectivity index (χ1) is 40.8. The molecule has 8 aromatic rings. The van der Waals surface area contributed by atoms with Gasteiger partial charge in [-0.1, -0.05) is 53.0 Å². The molecule has 6 aromatic heterocycles. The molecule has 0 unspecified atom stereocenters. The Morgan fingerprint density at radius 2 is 1.06 bits per heavy atom. The van der Waals surface area contributed by atoms with Crippen molar-refractivity contribution in [3.63, 3.8) is 0 Å². The van der Waals surface area contributed by atoms with Crippen LogP contribution >= 0.6 is 11.8 Å². The first-order valence-corrected chi connectivity index (χ1v) is 30.2. The van der Waals surface area contributed by atoms with Crippen LogP contribution in [0, 0.1) is 23.3 Å². The van der Waals surface area contributed by atoms with Crippen LogP contribution in [0.4, 0.5) is 29.2 Å². The Balaban J connectivity index is 0.000000206. The van der Waals surface area contributed by atoms with Crippen molar-refractivity contribution in [1.29, 1.82) is 0 Å². The Hall–Kier alpha value is -9.04. The van der Waals surface area contributed by atoms with Crippen molar-refractivity contribution in [2.24, 2.45) is 0 Å². The third-order valence-electron chi connectivity index (χ3n) is 14.8. The predicted octanol–water partition coefficient (Wildman–Crippen LogP) is 8.47. The van der Waals surface area contributed by atoms with Crippen LogP contribution in [0.5, 0.6) is 11.5 Å². The van der Waals surface area contributed by atoms with Gasteiger partial charge in [0.1, 0.15) is 46.2 Å². The fourth-order valence-electron chi connectivity index (χ4n) is 10.8. The van der Waals surface area contributed by atoms with Crippen LogP contribution < -0.4 is 21.2 Å². The van der Waals surface area contributed by atoms with Crippen molar-refractivity contribution in [3.05, 3.63) is 154 Å². The molecule has 2 amide bonds. The predicted molar refractivity (Wildman–Crippen MR) is 320 cm³/mol. The average molecular weight is 1220 g/mol. The number of anilines is 2. The van der Waals surface area contributed by atoms with Gasteiger partial charge in [-0.3, -0.25) is 19.6 Å². The number of phenols is 2. The fourth-order valence-corrected chi connectivity index (χ4v) is 12.2. The van der Waals surface area contributed by atoms with E-state index in [4.69, 9.17) is 0 Å². The van der Waals surface area contributed by atoms with Crippen molar-refractivity contribution in [2.75, 3.05) is 61.6 Å². The summed E-state index contributed by atoms with van der Waals surface area (Å²) in [5, 5.41) is 21.2. The van der Waals surface area contributed by atoms with Crippen molar-refractivity contribution >= 4 is 67.1 Å². The highest BCUT2D eigenvalue weighted by molar-refractivity contribution is 7.98. The monoisotopic (exact) mass is 1220 g/mol. The highest BCUT2D eigenvalue weighted by Crippen LogP contribution is 2.40. The Bertz CT molecular complexity index is 4280. The molecule has 2 aromatic carbocycles. The van der Waals surface area contributed by atoms with E-state index in [1.54, 1.807) is 47.7 Å². The van der Waals surface area contributed by atoms with Gasteiger partial charge in [-0.15, -0.1) is 11.8 Å². The summed E-state index contributed by atoms with van der Waals surface area (Å²) in [6, 6.07) is 11.6. The summed E-state index contributed by atoms with van der Waals surface area (Å²) in [5.74, 6) is -5.52. The van der Waals surface area contributed by atoms with Crippen molar-refractivity contribution in [1.82, 2.24) is 48.8 Å². The molecule has 10 rings (SSSR count). The van der Waals surface area contributed by atoms with Gasteiger partial charge >= 0.3 is 11.4 Å². The number of halogens is 4. The average Bonchev–Trinajstić information content (AvgIpc) is 0.767. The highest BCUT2D eigenvalue weighted by Gasteiger charge is 2.35. The van der Waals surface area contributed by atoms with Gasteiger partial charge in [-0.25, -0.2) is 54.7 Å². The highest BCUT2D eigenvalue weighted by atomic mass is 32.2. The number of carbonyl (C=O) groups excluding carboxylic acids is 2. The summed E-state index contributed by atoms with van der Waals surface area (Å²) in [4.78, 5) is 86.3. The molecule has 0 radical (unpaired) electrons. The summed E-state index contributed by atoms with van der Waals surface area (Å²) in [6.07, 6.45) is 8.26. The number of aromatic nitrogens is 8. The van der Waals surface area contributed by atoms with Crippen LogP contribution in [0.25, 0.3) is 56.0 Å². The summed E-state index contributed by atoms with van der Waals surface area (Å²) in [6.45, 7) is 19.9. The molecule has 2 saturated heterocycles. The van der Waals surface area contributed by atoms with Gasteiger partial charge in [0.05, 0.1) is 49.6 Å². The number of rotatable bonds is 12. The Kier molecular flexibility index (Phi) is 17.5. The molecular formula is C60H60F4N12O8S2. The van der Waals surface area contributed by atoms with Gasteiger partial charge in [0, 0.05) is 74.9 Å². The minimum atomic E-state index is -3.95. The standard InChI is InChI=1S/C30H30F2N6O5S.C30H30F2N6O3S/c1-6-23(40)36-12-13-37(17(4)15-36)28-18-14-20(32)26(24-19(31)8-7-9-21(24)39)34-29(18)38(30(41)35-28)27-22(44(5,42)43)10-11-33-25(27)16(2)3;1-6-23(40)36-12-13-37(17(4)15-36)28-18-14-20(32)26(24-19(31)8-7-9-21(24)39)34-29(18)38(30(41)35-28)27-22(42-5)10-11-33-25(27)16(2)3/h6-11,14,16-17,39H,1,12-13,15H2,2-5H3;6-11,14,16-17,39H,1,12-13,15H2,2-5H3/t2*17-/m00/s1. The third kappa shape index (κ3) is 11.5. The van der Waals surface area contributed by atoms with Gasteiger partial charge in [-0.2, -0.15) is 9.97 Å². The number of hydrogen-bond acceptors (Lipinski definition) is 17. The lowest BCUT2D eigenvalue weighted by Gasteiger charge is -2.40. The van der Waals surface area contributed by atoms with E-state index >= 15 is 8.78 Å². The molecule has 0 spiro atoms. The van der Waals surface area contributed by atoms with Crippen LogP contribution in [0.2, 0.25) is 0 Å². The second-order valence-electron chi connectivity index (χ2n) is 21.2. The van der Waals surface area contributed by atoms with Gasteiger partial charge in [0.2, 0.25) is 11.8 Å². The number of phenolic OH excluding ortho intramolecular Hbond substituents is 2. The number of nitrogens with zero attached hydrogens (tertiary/aromatic N) is 12. The SMILES string of the molecule is C=CC(=O)N1CCN(c2nc(=O)n(-c3c(S(C)(=O)=O)ccnc3C(C)C)c3nc(-c4c(O)cccc4F)c(F)cc23)[C@@H](C)C1.C=CC(=O)N1CCN(c2nc(=O)n(-c3c(SC)ccnc3C(C)C)c3nc(-c4c(O)cccc4F)c(F)cc23)[C@@H](C)C1. The van der Waals surface area contributed by atoms with E-state index in [1.165, 1.54) is 71.1 Å². The van der Waals surface area contributed by atoms with Gasteiger partial charge in [0.15, 0.2) is 32.8 Å². The van der Waals surface area contributed by atoms with Crippen molar-refractivity contribution in [2.45, 2.75) is 75.3 Å². The number of hydrogen-bond donors (Lipinski definition) is 2. The van der Waals surface area contributed by atoms with Crippen LogP contribution in [-0.4, -0.2) is 143 Å². The summed E-state index contributed by atoms with van der Waals surface area (Å²) in [5.41, 5.74) is -2.63. The van der Waals surface area contributed by atoms with E-state index in [0.717, 1.165) is 33.9 Å². The van der Waals surface area contributed by atoms with E-state index in [-0.39, 0.29) is 105 Å². The third-order valence-corrected chi connectivity index (χ3v) is 16.7. The van der Waals surface area contributed by atoms with Crippen LogP contribution in [0.1, 0.15) is 64.8 Å².